The van der Waals surface area contributed by atoms with E-state index in [2.05, 4.69) is 10.3 Å². The lowest BCUT2D eigenvalue weighted by Crippen LogP contribution is -2.41. The van der Waals surface area contributed by atoms with Crippen LogP contribution in [0.4, 0.5) is 11.5 Å². The molecule has 0 aliphatic carbocycles. The molecule has 9 heteroatoms. The van der Waals surface area contributed by atoms with Crippen LogP contribution >= 0.6 is 11.6 Å². The summed E-state index contributed by atoms with van der Waals surface area (Å²) < 4.78 is 0. The Morgan fingerprint density at radius 2 is 1.96 bits per heavy atom. The lowest BCUT2D eigenvalue weighted by Gasteiger charge is -2.31. The summed E-state index contributed by atoms with van der Waals surface area (Å²) in [6.45, 7) is 2.32. The van der Waals surface area contributed by atoms with Gasteiger partial charge in [0.1, 0.15) is 11.4 Å². The van der Waals surface area contributed by atoms with Crippen molar-refractivity contribution in [3.8, 4) is 0 Å². The summed E-state index contributed by atoms with van der Waals surface area (Å²) in [7, 11) is 0. The standard InChI is InChI=1S/C19H19ClN4O4/c1-12-3-2-4-15(17(12)24(27)28)19(26)23-9-7-13(8-10-23)18(25)22-16-6-5-14(20)11-21-16/h2-6,11,13H,7-10H2,1H3,(H,21,22,25). The van der Waals surface area contributed by atoms with Crippen LogP contribution < -0.4 is 5.32 Å². The number of aryl methyl sites for hydroxylation is 1. The van der Waals surface area contributed by atoms with Gasteiger partial charge in [-0.3, -0.25) is 19.7 Å². The number of nitro groups is 1. The minimum Gasteiger partial charge on any atom is -0.338 e. The normalized spacial score (nSPS) is 14.6. The summed E-state index contributed by atoms with van der Waals surface area (Å²) in [6, 6.07) is 7.97. The SMILES string of the molecule is Cc1cccc(C(=O)N2CCC(C(=O)Nc3ccc(Cl)cn3)CC2)c1[N+](=O)[O-]. The monoisotopic (exact) mass is 402 g/mol. The summed E-state index contributed by atoms with van der Waals surface area (Å²) in [5.74, 6) is -0.380. The minimum absolute atomic E-state index is 0.0817. The third-order valence-electron chi connectivity index (χ3n) is 4.78. The number of likely N-dealkylation sites (tertiary alicyclic amines) is 1. The first-order valence-electron chi connectivity index (χ1n) is 8.82. The molecule has 2 aromatic rings. The number of nitro benzene ring substituents is 1. The number of hydrogen-bond donors (Lipinski definition) is 1. The zero-order valence-corrected chi connectivity index (χ0v) is 16.0. The molecule has 0 spiro atoms. The van der Waals surface area contributed by atoms with Gasteiger partial charge in [-0.2, -0.15) is 0 Å². The lowest BCUT2D eigenvalue weighted by atomic mass is 9.95. The molecule has 0 unspecified atom stereocenters. The molecule has 1 fully saturated rings. The molecule has 146 valence electrons. The van der Waals surface area contributed by atoms with Crippen LogP contribution in [0.3, 0.4) is 0 Å². The van der Waals surface area contributed by atoms with Crippen molar-refractivity contribution in [2.75, 3.05) is 18.4 Å². The topological polar surface area (TPSA) is 105 Å². The van der Waals surface area contributed by atoms with Crippen molar-refractivity contribution in [2.45, 2.75) is 19.8 Å². The number of carbonyl (C=O) groups excluding carboxylic acids is 2. The number of rotatable bonds is 4. The highest BCUT2D eigenvalue weighted by Crippen LogP contribution is 2.27. The van der Waals surface area contributed by atoms with Gasteiger partial charge in [0.2, 0.25) is 5.91 Å². The van der Waals surface area contributed by atoms with Crippen molar-refractivity contribution in [3.05, 3.63) is 62.8 Å². The third-order valence-corrected chi connectivity index (χ3v) is 5.01. The van der Waals surface area contributed by atoms with Crippen LogP contribution in [0.1, 0.15) is 28.8 Å². The van der Waals surface area contributed by atoms with Crippen LogP contribution in [0, 0.1) is 23.0 Å². The number of carbonyl (C=O) groups is 2. The quantitative estimate of drug-likeness (QED) is 0.622. The number of amides is 2. The molecule has 0 bridgehead atoms. The van der Waals surface area contributed by atoms with Gasteiger partial charge in [0, 0.05) is 30.8 Å². The largest absolute Gasteiger partial charge is 0.338 e. The molecular formula is C19H19ClN4O4. The maximum Gasteiger partial charge on any atom is 0.285 e. The zero-order valence-electron chi connectivity index (χ0n) is 15.2. The van der Waals surface area contributed by atoms with E-state index in [0.29, 0.717) is 42.3 Å². The van der Waals surface area contributed by atoms with Gasteiger partial charge in [-0.1, -0.05) is 23.7 Å². The minimum atomic E-state index is -0.526. The van der Waals surface area contributed by atoms with Crippen molar-refractivity contribution in [3.63, 3.8) is 0 Å². The van der Waals surface area contributed by atoms with Crippen molar-refractivity contribution in [1.29, 1.82) is 0 Å². The van der Waals surface area contributed by atoms with E-state index < -0.39 is 4.92 Å². The number of piperidine rings is 1. The first-order chi connectivity index (χ1) is 13.4. The molecule has 28 heavy (non-hydrogen) atoms. The maximum atomic E-state index is 12.8. The van der Waals surface area contributed by atoms with Crippen LogP contribution in [-0.2, 0) is 4.79 Å². The number of nitrogens with zero attached hydrogens (tertiary/aromatic N) is 3. The highest BCUT2D eigenvalue weighted by Gasteiger charge is 2.31. The first kappa shape index (κ1) is 19.8. The summed E-state index contributed by atoms with van der Waals surface area (Å²) in [5.41, 5.74) is 0.361. The number of nitrogens with one attached hydrogen (secondary N) is 1. The van der Waals surface area contributed by atoms with Gasteiger partial charge >= 0.3 is 0 Å². The summed E-state index contributed by atoms with van der Waals surface area (Å²) in [5, 5.41) is 14.6. The predicted molar refractivity (Wildman–Crippen MR) is 104 cm³/mol. The molecule has 0 saturated carbocycles. The fraction of sp³-hybridized carbons (Fsp3) is 0.316. The van der Waals surface area contributed by atoms with Gasteiger partial charge in [-0.05, 0) is 38.0 Å². The van der Waals surface area contributed by atoms with Gasteiger partial charge in [0.15, 0.2) is 0 Å². The molecule has 1 N–H and O–H groups in total. The molecule has 2 heterocycles. The van der Waals surface area contributed by atoms with Crippen molar-refractivity contribution >= 4 is 34.9 Å². The number of anilines is 1. The number of para-hydroxylation sites is 1. The average Bonchev–Trinajstić information content (AvgIpc) is 2.68. The maximum absolute atomic E-state index is 12.8. The Kier molecular flexibility index (Phi) is 5.89. The van der Waals surface area contributed by atoms with E-state index in [-0.39, 0.29) is 29.0 Å². The number of pyridine rings is 1. The molecule has 1 aromatic carbocycles. The molecule has 1 aliphatic heterocycles. The zero-order chi connectivity index (χ0) is 20.3. The van der Waals surface area contributed by atoms with E-state index in [1.807, 2.05) is 0 Å². The van der Waals surface area contributed by atoms with Crippen LogP contribution in [0.2, 0.25) is 5.02 Å². The van der Waals surface area contributed by atoms with Crippen molar-refractivity contribution in [1.82, 2.24) is 9.88 Å². The number of hydrogen-bond acceptors (Lipinski definition) is 5. The van der Waals surface area contributed by atoms with E-state index >= 15 is 0 Å². The third kappa shape index (κ3) is 4.28. The van der Waals surface area contributed by atoms with Crippen LogP contribution in [-0.4, -0.2) is 39.7 Å². The Morgan fingerprint density at radius 1 is 1.25 bits per heavy atom. The Morgan fingerprint density at radius 3 is 2.57 bits per heavy atom. The second kappa shape index (κ2) is 8.35. The fourth-order valence-corrected chi connectivity index (χ4v) is 3.38. The molecular weight excluding hydrogens is 384 g/mol. The van der Waals surface area contributed by atoms with E-state index in [1.54, 1.807) is 36.1 Å². The molecule has 1 aliphatic rings. The number of benzene rings is 1. The molecule has 0 atom stereocenters. The highest BCUT2D eigenvalue weighted by atomic mass is 35.5. The summed E-state index contributed by atoms with van der Waals surface area (Å²) in [6.07, 6.45) is 2.41. The van der Waals surface area contributed by atoms with Gasteiger partial charge in [-0.15, -0.1) is 0 Å². The van der Waals surface area contributed by atoms with Crippen LogP contribution in [0.15, 0.2) is 36.5 Å². The molecule has 1 aromatic heterocycles. The van der Waals surface area contributed by atoms with Crippen LogP contribution in [0.5, 0.6) is 0 Å². The van der Waals surface area contributed by atoms with Crippen LogP contribution in [0.25, 0.3) is 0 Å². The Balaban J connectivity index is 1.63. The highest BCUT2D eigenvalue weighted by molar-refractivity contribution is 6.30. The second-order valence-corrected chi connectivity index (χ2v) is 7.08. The Hall–Kier alpha value is -3.00. The van der Waals surface area contributed by atoms with E-state index in [1.165, 1.54) is 12.3 Å². The number of aromatic nitrogens is 1. The number of halogens is 1. The molecule has 8 nitrogen and oxygen atoms in total. The van der Waals surface area contributed by atoms with E-state index in [4.69, 9.17) is 11.6 Å². The van der Waals surface area contributed by atoms with E-state index in [9.17, 15) is 19.7 Å². The summed E-state index contributed by atoms with van der Waals surface area (Å²) >= 11 is 5.78. The molecule has 3 rings (SSSR count). The Bertz CT molecular complexity index is 909. The van der Waals surface area contributed by atoms with Crippen molar-refractivity contribution < 1.29 is 14.5 Å². The fourth-order valence-electron chi connectivity index (χ4n) is 3.27. The first-order valence-corrected chi connectivity index (χ1v) is 9.20. The second-order valence-electron chi connectivity index (χ2n) is 6.65. The van der Waals surface area contributed by atoms with Gasteiger partial charge < -0.3 is 10.2 Å². The smallest absolute Gasteiger partial charge is 0.285 e. The summed E-state index contributed by atoms with van der Waals surface area (Å²) in [4.78, 5) is 41.6. The molecule has 0 radical (unpaired) electrons. The van der Waals surface area contributed by atoms with Gasteiger partial charge in [0.05, 0.1) is 9.95 Å². The van der Waals surface area contributed by atoms with Crippen molar-refractivity contribution in [2.24, 2.45) is 5.92 Å². The van der Waals surface area contributed by atoms with E-state index in [0.717, 1.165) is 0 Å². The van der Waals surface area contributed by atoms with Gasteiger partial charge in [-0.25, -0.2) is 4.98 Å². The Labute approximate surface area is 166 Å². The predicted octanol–water partition coefficient (Wildman–Crippen LogP) is 3.44. The lowest BCUT2D eigenvalue weighted by molar-refractivity contribution is -0.385. The average molecular weight is 403 g/mol. The molecule has 2 amide bonds. The molecule has 1 saturated heterocycles. The van der Waals surface area contributed by atoms with Gasteiger partial charge in [0.25, 0.3) is 11.6 Å².